The van der Waals surface area contributed by atoms with Crippen molar-refractivity contribution in [2.45, 2.75) is 6.17 Å². The van der Waals surface area contributed by atoms with E-state index in [1.165, 1.54) is 29.2 Å². The number of carbonyl (C=O) groups excluding carboxylic acids is 1. The fourth-order valence-corrected chi connectivity index (χ4v) is 3.59. The van der Waals surface area contributed by atoms with Crippen LogP contribution in [0.25, 0.3) is 0 Å². The monoisotopic (exact) mass is 430 g/mol. The topological polar surface area (TPSA) is 116 Å². The van der Waals surface area contributed by atoms with Crippen molar-refractivity contribution in [3.05, 3.63) is 100 Å². The van der Waals surface area contributed by atoms with E-state index in [1.54, 1.807) is 19.2 Å². The minimum atomic E-state index is -1.43. The van der Waals surface area contributed by atoms with Gasteiger partial charge in [-0.25, -0.2) is 14.7 Å². The molecule has 0 saturated heterocycles. The van der Waals surface area contributed by atoms with Gasteiger partial charge in [-0.15, -0.1) is 0 Å². The van der Waals surface area contributed by atoms with Crippen molar-refractivity contribution in [1.29, 1.82) is 0 Å². The number of hydrogen-bond acceptors (Lipinski definition) is 5. The molecular formula is C23H18N4O5. The molecule has 1 heterocycles. The first-order valence-electron chi connectivity index (χ1n) is 9.65. The molecule has 1 N–H and O–H groups in total. The molecule has 160 valence electrons. The molecule has 0 fully saturated rings. The van der Waals surface area contributed by atoms with E-state index in [0.717, 1.165) is 10.5 Å². The summed E-state index contributed by atoms with van der Waals surface area (Å²) in [6.07, 6.45) is -2.84. The van der Waals surface area contributed by atoms with Gasteiger partial charge in [0.2, 0.25) is 6.17 Å². The van der Waals surface area contributed by atoms with Gasteiger partial charge in [-0.05, 0) is 18.2 Å². The van der Waals surface area contributed by atoms with Crippen LogP contribution in [0.3, 0.4) is 0 Å². The highest BCUT2D eigenvalue weighted by Crippen LogP contribution is 2.30. The highest BCUT2D eigenvalue weighted by atomic mass is 16.6. The fourth-order valence-electron chi connectivity index (χ4n) is 3.59. The maximum Gasteiger partial charge on any atom is 0.414 e. The maximum absolute atomic E-state index is 13.4. The van der Waals surface area contributed by atoms with Crippen molar-refractivity contribution in [2.24, 2.45) is 4.99 Å². The normalized spacial score (nSPS) is 15.4. The quantitative estimate of drug-likeness (QED) is 0.497. The Balaban J connectivity index is 1.90. The molecule has 9 nitrogen and oxygen atoms in total. The minimum absolute atomic E-state index is 0.0944. The van der Waals surface area contributed by atoms with E-state index < -0.39 is 23.1 Å². The van der Waals surface area contributed by atoms with Gasteiger partial charge in [0, 0.05) is 30.3 Å². The molecule has 9 heteroatoms. The van der Waals surface area contributed by atoms with Crippen molar-refractivity contribution < 1.29 is 19.6 Å². The van der Waals surface area contributed by atoms with Crippen LogP contribution in [0.2, 0.25) is 0 Å². The van der Waals surface area contributed by atoms with Gasteiger partial charge in [0.15, 0.2) is 0 Å². The lowest BCUT2D eigenvalue weighted by Crippen LogP contribution is -2.49. The fraction of sp³-hybridized carbons (Fsp3) is 0.0870. The number of benzene rings is 3. The Hall–Kier alpha value is -4.53. The van der Waals surface area contributed by atoms with E-state index in [0.29, 0.717) is 17.0 Å². The summed E-state index contributed by atoms with van der Waals surface area (Å²) in [4.78, 5) is 42.8. The maximum atomic E-state index is 13.4. The minimum Gasteiger partial charge on any atom is -0.465 e. The van der Waals surface area contributed by atoms with Crippen molar-refractivity contribution in [2.75, 3.05) is 16.8 Å². The van der Waals surface area contributed by atoms with Crippen LogP contribution in [0.15, 0.2) is 83.9 Å². The lowest BCUT2D eigenvalue weighted by atomic mass is 10.0. The van der Waals surface area contributed by atoms with Crippen molar-refractivity contribution in [3.8, 4) is 0 Å². The van der Waals surface area contributed by atoms with E-state index in [9.17, 15) is 24.8 Å². The van der Waals surface area contributed by atoms with Gasteiger partial charge in [0.1, 0.15) is 0 Å². The molecule has 3 aromatic carbocycles. The molecule has 0 aromatic heterocycles. The first-order valence-corrected chi connectivity index (χ1v) is 9.65. The third-order valence-corrected chi connectivity index (χ3v) is 5.16. The van der Waals surface area contributed by atoms with Gasteiger partial charge < -0.3 is 10.0 Å². The highest BCUT2D eigenvalue weighted by molar-refractivity contribution is 6.21. The van der Waals surface area contributed by atoms with Crippen LogP contribution in [0, 0.1) is 10.1 Å². The van der Waals surface area contributed by atoms with E-state index in [2.05, 4.69) is 4.99 Å². The van der Waals surface area contributed by atoms with E-state index in [1.807, 2.05) is 42.5 Å². The number of likely N-dealkylation sites (N-methyl/N-ethyl adjacent to an activating group) is 1. The molecule has 0 bridgehead atoms. The average Bonchev–Trinajstić information content (AvgIpc) is 2.91. The number of anilines is 2. The second kappa shape index (κ2) is 8.31. The first kappa shape index (κ1) is 20.7. The van der Waals surface area contributed by atoms with Crippen molar-refractivity contribution in [3.63, 3.8) is 0 Å². The second-order valence-electron chi connectivity index (χ2n) is 7.06. The van der Waals surface area contributed by atoms with Crippen LogP contribution in [0.1, 0.15) is 11.1 Å². The van der Waals surface area contributed by atoms with Crippen molar-refractivity contribution >= 4 is 34.8 Å². The summed E-state index contributed by atoms with van der Waals surface area (Å²) in [5.74, 6) is -0.552. The number of non-ortho nitro benzene ring substituents is 1. The van der Waals surface area contributed by atoms with E-state index >= 15 is 0 Å². The molecule has 1 aliphatic heterocycles. The Morgan fingerprint density at radius 2 is 1.66 bits per heavy atom. The number of nitrogens with zero attached hydrogens (tertiary/aromatic N) is 4. The summed E-state index contributed by atoms with van der Waals surface area (Å²) in [5, 5.41) is 21.0. The molecular weight excluding hydrogens is 412 g/mol. The molecule has 1 aliphatic rings. The summed E-state index contributed by atoms with van der Waals surface area (Å²) in [6.45, 7) is 0. The predicted octanol–water partition coefficient (Wildman–Crippen LogP) is 3.92. The van der Waals surface area contributed by atoms with Crippen LogP contribution in [0.4, 0.5) is 21.9 Å². The number of hydrogen-bond donors (Lipinski definition) is 1. The standard InChI is InChI=1S/C23H18N4O5/c1-25-19-10-6-5-9-18(19)20(15-7-3-2-4-8-15)24-21(22(25)28)26(23(29)30)16-11-13-17(14-12-16)27(31)32/h2-14,21H,1H3,(H,29,30)/t21-/m1/s1. The summed E-state index contributed by atoms with van der Waals surface area (Å²) in [5.41, 5.74) is 2.38. The zero-order valence-corrected chi connectivity index (χ0v) is 17.0. The molecule has 0 spiro atoms. The van der Waals surface area contributed by atoms with Gasteiger partial charge in [0.25, 0.3) is 11.6 Å². The summed E-state index contributed by atoms with van der Waals surface area (Å²) >= 11 is 0. The average molecular weight is 430 g/mol. The van der Waals surface area contributed by atoms with Crippen LogP contribution in [-0.2, 0) is 4.79 Å². The summed E-state index contributed by atoms with van der Waals surface area (Å²) in [6, 6.07) is 21.3. The number of amides is 2. The summed E-state index contributed by atoms with van der Waals surface area (Å²) in [7, 11) is 1.56. The molecule has 32 heavy (non-hydrogen) atoms. The smallest absolute Gasteiger partial charge is 0.414 e. The van der Waals surface area contributed by atoms with Crippen LogP contribution >= 0.6 is 0 Å². The number of nitro benzene ring substituents is 1. The Bertz CT molecular complexity index is 1220. The van der Waals surface area contributed by atoms with Gasteiger partial charge in [0.05, 0.1) is 22.0 Å². The van der Waals surface area contributed by atoms with Crippen LogP contribution in [0.5, 0.6) is 0 Å². The SMILES string of the molecule is CN1C(=O)[C@@H](N(C(=O)O)c2ccc([N+](=O)[O-])cc2)N=C(c2ccccc2)c2ccccc21. The second-order valence-corrected chi connectivity index (χ2v) is 7.06. The Morgan fingerprint density at radius 1 is 1.03 bits per heavy atom. The largest absolute Gasteiger partial charge is 0.465 e. The van der Waals surface area contributed by atoms with Crippen LogP contribution in [-0.4, -0.2) is 41.0 Å². The zero-order valence-electron chi connectivity index (χ0n) is 17.0. The molecule has 0 radical (unpaired) electrons. The Kier molecular flexibility index (Phi) is 5.38. The lowest BCUT2D eigenvalue weighted by Gasteiger charge is -2.27. The molecule has 1 atom stereocenters. The number of nitro groups is 1. The number of fused-ring (bicyclic) bond motifs is 1. The molecule has 0 saturated carbocycles. The Morgan fingerprint density at radius 3 is 2.28 bits per heavy atom. The molecule has 0 unspecified atom stereocenters. The van der Waals surface area contributed by atoms with E-state index in [-0.39, 0.29) is 11.4 Å². The summed E-state index contributed by atoms with van der Waals surface area (Å²) < 4.78 is 0. The van der Waals surface area contributed by atoms with Crippen molar-refractivity contribution in [1.82, 2.24) is 0 Å². The highest BCUT2D eigenvalue weighted by Gasteiger charge is 2.37. The van der Waals surface area contributed by atoms with E-state index in [4.69, 9.17) is 0 Å². The number of para-hydroxylation sites is 1. The third kappa shape index (κ3) is 3.67. The van der Waals surface area contributed by atoms with Gasteiger partial charge >= 0.3 is 6.09 Å². The zero-order chi connectivity index (χ0) is 22.8. The number of carboxylic acid groups (broad SMARTS) is 1. The lowest BCUT2D eigenvalue weighted by molar-refractivity contribution is -0.384. The molecule has 4 rings (SSSR count). The number of carbonyl (C=O) groups is 2. The molecule has 0 aliphatic carbocycles. The number of aliphatic imine (C=N–C) groups is 1. The van der Waals surface area contributed by atoms with Gasteiger partial charge in [-0.1, -0.05) is 48.5 Å². The Labute approximate surface area is 183 Å². The number of benzodiazepines with no additional fused rings is 1. The molecule has 3 aromatic rings. The molecule has 2 amide bonds. The van der Waals surface area contributed by atoms with Gasteiger partial charge in [-0.2, -0.15) is 0 Å². The van der Waals surface area contributed by atoms with Crippen LogP contribution < -0.4 is 9.80 Å². The first-order chi connectivity index (χ1) is 15.4. The van der Waals surface area contributed by atoms with Gasteiger partial charge in [-0.3, -0.25) is 14.9 Å². The third-order valence-electron chi connectivity index (χ3n) is 5.16. The predicted molar refractivity (Wildman–Crippen MR) is 119 cm³/mol. The number of rotatable bonds is 4.